The molecular formula is C16H19NO2. The summed E-state index contributed by atoms with van der Waals surface area (Å²) < 4.78 is 7.28. The molecule has 3 nitrogen and oxygen atoms in total. The molecule has 0 bridgehead atoms. The number of carbonyl (C=O) groups is 1. The van der Waals surface area contributed by atoms with Crippen LogP contribution in [0.15, 0.2) is 30.5 Å². The number of hydrogen-bond donors (Lipinski definition) is 0. The van der Waals surface area contributed by atoms with Crippen molar-refractivity contribution in [3.05, 3.63) is 36.0 Å². The zero-order valence-electron chi connectivity index (χ0n) is 11.6. The first-order valence-electron chi connectivity index (χ1n) is 6.73. The molecule has 1 aromatic carbocycles. The van der Waals surface area contributed by atoms with E-state index in [0.717, 1.165) is 6.42 Å². The van der Waals surface area contributed by atoms with Crippen LogP contribution in [0.2, 0.25) is 0 Å². The van der Waals surface area contributed by atoms with E-state index < -0.39 is 0 Å². The summed E-state index contributed by atoms with van der Waals surface area (Å²) in [7, 11) is 2.05. The molecular weight excluding hydrogens is 238 g/mol. The van der Waals surface area contributed by atoms with Gasteiger partial charge in [-0.1, -0.05) is 32.0 Å². The minimum Gasteiger partial charge on any atom is -0.465 e. The maximum atomic E-state index is 11.9. The molecule has 1 saturated heterocycles. The number of rotatable bonds is 2. The molecule has 3 heteroatoms. The van der Waals surface area contributed by atoms with Gasteiger partial charge in [0.2, 0.25) is 0 Å². The van der Waals surface area contributed by atoms with Gasteiger partial charge in [0.05, 0.1) is 12.5 Å². The fourth-order valence-electron chi connectivity index (χ4n) is 3.19. The number of aryl methyl sites for hydroxylation is 1. The molecule has 0 saturated carbocycles. The van der Waals surface area contributed by atoms with Crippen molar-refractivity contribution >= 4 is 16.9 Å². The molecule has 1 unspecified atom stereocenters. The molecule has 1 atom stereocenters. The Balaban J connectivity index is 2.15. The number of fused-ring (bicyclic) bond motifs is 1. The highest BCUT2D eigenvalue weighted by atomic mass is 16.5. The van der Waals surface area contributed by atoms with Crippen LogP contribution < -0.4 is 0 Å². The van der Waals surface area contributed by atoms with Crippen LogP contribution in [0.1, 0.15) is 25.8 Å². The lowest BCUT2D eigenvalue weighted by Crippen LogP contribution is -2.31. The topological polar surface area (TPSA) is 31.2 Å². The van der Waals surface area contributed by atoms with E-state index in [4.69, 9.17) is 4.74 Å². The Kier molecular flexibility index (Phi) is 2.66. The van der Waals surface area contributed by atoms with Gasteiger partial charge in [0, 0.05) is 29.6 Å². The lowest BCUT2D eigenvalue weighted by atomic mass is 9.72. The number of para-hydroxylation sites is 1. The molecule has 19 heavy (non-hydrogen) atoms. The number of aromatic nitrogens is 1. The van der Waals surface area contributed by atoms with Crippen LogP contribution in [0.5, 0.6) is 0 Å². The standard InChI is InChI=1S/C16H19NO2/c1-16(2,12-8-9-19-15(12)18)13-10-17(3)14-7-5-4-6-11(13)14/h4-7,10,12H,8-9H2,1-3H3. The van der Waals surface area contributed by atoms with Crippen molar-refractivity contribution in [1.82, 2.24) is 4.57 Å². The zero-order valence-corrected chi connectivity index (χ0v) is 11.6. The number of cyclic esters (lactones) is 1. The largest absolute Gasteiger partial charge is 0.465 e. The van der Waals surface area contributed by atoms with Crippen molar-refractivity contribution in [2.75, 3.05) is 6.61 Å². The second kappa shape index (κ2) is 4.12. The van der Waals surface area contributed by atoms with Gasteiger partial charge in [0.15, 0.2) is 0 Å². The first kappa shape index (κ1) is 12.3. The van der Waals surface area contributed by atoms with E-state index in [9.17, 15) is 4.79 Å². The molecule has 0 amide bonds. The number of esters is 1. The summed E-state index contributed by atoms with van der Waals surface area (Å²) in [5.74, 6) is -0.101. The molecule has 1 fully saturated rings. The number of benzene rings is 1. The highest BCUT2D eigenvalue weighted by Gasteiger charge is 2.42. The van der Waals surface area contributed by atoms with Crippen LogP contribution in [-0.4, -0.2) is 17.1 Å². The third-order valence-corrected chi connectivity index (χ3v) is 4.40. The third-order valence-electron chi connectivity index (χ3n) is 4.40. The number of hydrogen-bond acceptors (Lipinski definition) is 2. The molecule has 100 valence electrons. The third kappa shape index (κ3) is 1.76. The predicted molar refractivity (Wildman–Crippen MR) is 75.0 cm³/mol. The summed E-state index contributed by atoms with van der Waals surface area (Å²) in [5, 5.41) is 1.23. The van der Waals surface area contributed by atoms with Crippen molar-refractivity contribution in [2.24, 2.45) is 13.0 Å². The van der Waals surface area contributed by atoms with Crippen LogP contribution in [0, 0.1) is 5.92 Å². The van der Waals surface area contributed by atoms with Gasteiger partial charge in [-0.05, 0) is 18.1 Å². The smallest absolute Gasteiger partial charge is 0.309 e. The van der Waals surface area contributed by atoms with Crippen molar-refractivity contribution in [3.63, 3.8) is 0 Å². The van der Waals surface area contributed by atoms with Gasteiger partial charge in [0.25, 0.3) is 0 Å². The predicted octanol–water partition coefficient (Wildman–Crippen LogP) is 3.02. The average molecular weight is 257 g/mol. The van der Waals surface area contributed by atoms with Gasteiger partial charge >= 0.3 is 5.97 Å². The van der Waals surface area contributed by atoms with E-state index in [1.807, 2.05) is 6.07 Å². The lowest BCUT2D eigenvalue weighted by molar-refractivity contribution is -0.142. The van der Waals surface area contributed by atoms with E-state index in [-0.39, 0.29) is 17.3 Å². The minimum absolute atomic E-state index is 0.0432. The quantitative estimate of drug-likeness (QED) is 0.774. The number of ether oxygens (including phenoxy) is 1. The molecule has 0 radical (unpaired) electrons. The number of carbonyl (C=O) groups excluding carboxylic acids is 1. The fourth-order valence-corrected chi connectivity index (χ4v) is 3.19. The Morgan fingerprint density at radius 2 is 2.05 bits per heavy atom. The molecule has 1 aliphatic heterocycles. The summed E-state index contributed by atoms with van der Waals surface area (Å²) >= 11 is 0. The van der Waals surface area contributed by atoms with Gasteiger partial charge in [-0.15, -0.1) is 0 Å². The molecule has 1 aliphatic rings. The second-order valence-corrected chi connectivity index (χ2v) is 5.90. The first-order chi connectivity index (χ1) is 9.01. The van der Waals surface area contributed by atoms with Crippen LogP contribution in [-0.2, 0) is 22.0 Å². The maximum Gasteiger partial charge on any atom is 0.309 e. The van der Waals surface area contributed by atoms with Gasteiger partial charge in [0.1, 0.15) is 0 Å². The fraction of sp³-hybridized carbons (Fsp3) is 0.438. The Morgan fingerprint density at radius 1 is 1.32 bits per heavy atom. The lowest BCUT2D eigenvalue weighted by Gasteiger charge is -2.28. The van der Waals surface area contributed by atoms with Gasteiger partial charge in [-0.25, -0.2) is 0 Å². The number of nitrogens with zero attached hydrogens (tertiary/aromatic N) is 1. The highest BCUT2D eigenvalue weighted by molar-refractivity contribution is 5.86. The van der Waals surface area contributed by atoms with Crippen LogP contribution in [0.4, 0.5) is 0 Å². The Labute approximate surface area is 113 Å². The molecule has 3 rings (SSSR count). The van der Waals surface area contributed by atoms with Crippen molar-refractivity contribution in [3.8, 4) is 0 Å². The van der Waals surface area contributed by atoms with E-state index >= 15 is 0 Å². The van der Waals surface area contributed by atoms with Crippen molar-refractivity contribution in [2.45, 2.75) is 25.7 Å². The van der Waals surface area contributed by atoms with E-state index in [2.05, 4.69) is 49.9 Å². The molecule has 0 spiro atoms. The normalized spacial score (nSPS) is 19.9. The van der Waals surface area contributed by atoms with Gasteiger partial charge < -0.3 is 9.30 Å². The Hall–Kier alpha value is -1.77. The monoisotopic (exact) mass is 257 g/mol. The minimum atomic E-state index is -0.200. The zero-order chi connectivity index (χ0) is 13.6. The highest BCUT2D eigenvalue weighted by Crippen LogP contribution is 2.41. The van der Waals surface area contributed by atoms with E-state index in [0.29, 0.717) is 6.61 Å². The van der Waals surface area contributed by atoms with Gasteiger partial charge in [-0.3, -0.25) is 4.79 Å². The summed E-state index contributed by atoms with van der Waals surface area (Å²) in [5.41, 5.74) is 2.24. The Bertz CT molecular complexity index is 639. The van der Waals surface area contributed by atoms with Crippen LogP contribution >= 0.6 is 0 Å². The van der Waals surface area contributed by atoms with E-state index in [1.165, 1.54) is 16.5 Å². The summed E-state index contributed by atoms with van der Waals surface area (Å²) in [6, 6.07) is 8.34. The molecule has 2 heterocycles. The SMILES string of the molecule is Cn1cc(C(C)(C)C2CCOC2=O)c2ccccc21. The maximum absolute atomic E-state index is 11.9. The molecule has 1 aromatic heterocycles. The van der Waals surface area contributed by atoms with Gasteiger partial charge in [-0.2, -0.15) is 0 Å². The Morgan fingerprint density at radius 3 is 2.74 bits per heavy atom. The average Bonchev–Trinajstić information content (AvgIpc) is 2.95. The summed E-state index contributed by atoms with van der Waals surface area (Å²) in [6.07, 6.45) is 2.96. The van der Waals surface area contributed by atoms with Crippen molar-refractivity contribution in [1.29, 1.82) is 0 Å². The molecule has 2 aromatic rings. The molecule has 0 N–H and O–H groups in total. The molecule has 0 aliphatic carbocycles. The summed E-state index contributed by atoms with van der Waals surface area (Å²) in [4.78, 5) is 11.9. The van der Waals surface area contributed by atoms with Crippen LogP contribution in [0.3, 0.4) is 0 Å². The second-order valence-electron chi connectivity index (χ2n) is 5.90. The summed E-state index contributed by atoms with van der Waals surface area (Å²) in [6.45, 7) is 4.84. The first-order valence-corrected chi connectivity index (χ1v) is 6.73. The van der Waals surface area contributed by atoms with Crippen LogP contribution in [0.25, 0.3) is 10.9 Å². The van der Waals surface area contributed by atoms with Crippen molar-refractivity contribution < 1.29 is 9.53 Å². The van der Waals surface area contributed by atoms with E-state index in [1.54, 1.807) is 0 Å².